The predicted molar refractivity (Wildman–Crippen MR) is 114 cm³/mol. The maximum Gasteiger partial charge on any atom is 0.361 e. The van der Waals surface area contributed by atoms with Crippen molar-refractivity contribution in [1.29, 1.82) is 0 Å². The van der Waals surface area contributed by atoms with Crippen LogP contribution in [0.3, 0.4) is 0 Å². The van der Waals surface area contributed by atoms with Gasteiger partial charge < -0.3 is 14.6 Å². The van der Waals surface area contributed by atoms with Gasteiger partial charge in [0.2, 0.25) is 0 Å². The van der Waals surface area contributed by atoms with Crippen LogP contribution in [0.4, 0.5) is 5.69 Å². The first-order valence-electron chi connectivity index (χ1n) is 8.44. The molecule has 0 aliphatic heterocycles. The standard InChI is InChI=1S/C21H15BrN2O3S/c1-24-16-6-3-2-5-15(16)18(22)19(24)21(26)27-14-10-8-13(9-11-14)23-20(25)17-7-4-12-28-17/h2-12H,1H3,(H,23,25). The molecule has 1 amide bonds. The lowest BCUT2D eigenvalue weighted by Gasteiger charge is -2.08. The van der Waals surface area contributed by atoms with Crippen molar-refractivity contribution >= 4 is 55.7 Å². The average molecular weight is 455 g/mol. The third kappa shape index (κ3) is 3.46. The van der Waals surface area contributed by atoms with E-state index >= 15 is 0 Å². The summed E-state index contributed by atoms with van der Waals surface area (Å²) >= 11 is 4.88. The Morgan fingerprint density at radius 1 is 1.04 bits per heavy atom. The van der Waals surface area contributed by atoms with Crippen molar-refractivity contribution in [3.8, 4) is 5.75 Å². The van der Waals surface area contributed by atoms with E-state index in [0.717, 1.165) is 10.9 Å². The van der Waals surface area contributed by atoms with E-state index < -0.39 is 5.97 Å². The number of para-hydroxylation sites is 1. The molecule has 4 rings (SSSR count). The topological polar surface area (TPSA) is 60.3 Å². The van der Waals surface area contributed by atoms with Crippen LogP contribution in [0.1, 0.15) is 20.2 Å². The van der Waals surface area contributed by atoms with Gasteiger partial charge in [-0.2, -0.15) is 0 Å². The van der Waals surface area contributed by atoms with Crippen molar-refractivity contribution in [2.75, 3.05) is 5.32 Å². The number of carbonyl (C=O) groups excluding carboxylic acids is 2. The Morgan fingerprint density at radius 3 is 2.46 bits per heavy atom. The normalized spacial score (nSPS) is 10.8. The van der Waals surface area contributed by atoms with Crippen molar-refractivity contribution in [3.05, 3.63) is 81.1 Å². The van der Waals surface area contributed by atoms with Gasteiger partial charge in [-0.3, -0.25) is 4.79 Å². The molecular weight excluding hydrogens is 440 g/mol. The van der Waals surface area contributed by atoms with Gasteiger partial charge in [-0.25, -0.2) is 4.79 Å². The van der Waals surface area contributed by atoms with Crippen LogP contribution in [-0.4, -0.2) is 16.4 Å². The Labute approximate surface area is 173 Å². The van der Waals surface area contributed by atoms with Gasteiger partial charge in [-0.15, -0.1) is 11.3 Å². The van der Waals surface area contributed by atoms with Crippen LogP contribution < -0.4 is 10.1 Å². The van der Waals surface area contributed by atoms with E-state index in [1.54, 1.807) is 34.9 Å². The summed E-state index contributed by atoms with van der Waals surface area (Å²) in [6.45, 7) is 0. The van der Waals surface area contributed by atoms with E-state index in [1.807, 2.05) is 42.8 Å². The van der Waals surface area contributed by atoms with E-state index in [4.69, 9.17) is 4.74 Å². The summed E-state index contributed by atoms with van der Waals surface area (Å²) in [6, 6.07) is 18.0. The summed E-state index contributed by atoms with van der Waals surface area (Å²) in [5.74, 6) is -0.226. The summed E-state index contributed by atoms with van der Waals surface area (Å²) < 4.78 is 8.03. The predicted octanol–water partition coefficient (Wildman–Crippen LogP) is 5.47. The fourth-order valence-corrected chi connectivity index (χ4v) is 4.32. The molecule has 0 spiro atoms. The maximum absolute atomic E-state index is 12.7. The van der Waals surface area contributed by atoms with Gasteiger partial charge in [-0.05, 0) is 57.7 Å². The van der Waals surface area contributed by atoms with Gasteiger partial charge in [0, 0.05) is 23.6 Å². The Bertz CT molecular complexity index is 1130. The van der Waals surface area contributed by atoms with Crippen LogP contribution >= 0.6 is 27.3 Å². The number of rotatable bonds is 4. The first-order chi connectivity index (χ1) is 13.5. The quantitative estimate of drug-likeness (QED) is 0.328. The summed E-state index contributed by atoms with van der Waals surface area (Å²) in [4.78, 5) is 25.4. The molecule has 7 heteroatoms. The Balaban J connectivity index is 1.50. The summed E-state index contributed by atoms with van der Waals surface area (Å²) in [5.41, 5.74) is 2.01. The second-order valence-corrected chi connectivity index (χ2v) is 7.82. The second-order valence-electron chi connectivity index (χ2n) is 6.08. The van der Waals surface area contributed by atoms with E-state index in [2.05, 4.69) is 21.2 Å². The number of amides is 1. The van der Waals surface area contributed by atoms with Crippen LogP contribution in [0.5, 0.6) is 5.75 Å². The first kappa shape index (κ1) is 18.5. The molecule has 0 aliphatic carbocycles. The zero-order valence-electron chi connectivity index (χ0n) is 14.8. The van der Waals surface area contributed by atoms with Crippen molar-refractivity contribution in [2.24, 2.45) is 7.05 Å². The SMILES string of the molecule is Cn1c(C(=O)Oc2ccc(NC(=O)c3cccs3)cc2)c(Br)c2ccccc21. The molecule has 2 aromatic heterocycles. The lowest BCUT2D eigenvalue weighted by atomic mass is 10.2. The molecule has 1 N–H and O–H groups in total. The molecule has 28 heavy (non-hydrogen) atoms. The number of fused-ring (bicyclic) bond motifs is 1. The highest BCUT2D eigenvalue weighted by atomic mass is 79.9. The smallest absolute Gasteiger partial charge is 0.361 e. The van der Waals surface area contributed by atoms with Gasteiger partial charge >= 0.3 is 5.97 Å². The number of ether oxygens (including phenoxy) is 1. The van der Waals surface area contributed by atoms with Crippen molar-refractivity contribution in [2.45, 2.75) is 0 Å². The molecular formula is C21H15BrN2O3S. The van der Waals surface area contributed by atoms with Crippen LogP contribution in [0.15, 0.2) is 70.5 Å². The van der Waals surface area contributed by atoms with Crippen molar-refractivity contribution in [1.82, 2.24) is 4.57 Å². The van der Waals surface area contributed by atoms with Gasteiger partial charge in [0.05, 0.1) is 9.35 Å². The minimum Gasteiger partial charge on any atom is -0.422 e. The second kappa shape index (κ2) is 7.61. The molecule has 0 saturated heterocycles. The molecule has 0 aliphatic rings. The number of benzene rings is 2. The minimum atomic E-state index is -0.457. The minimum absolute atomic E-state index is 0.167. The molecule has 0 saturated carbocycles. The molecule has 0 fully saturated rings. The third-order valence-corrected chi connectivity index (χ3v) is 5.98. The van der Waals surface area contributed by atoms with Gasteiger partial charge in [0.15, 0.2) is 0 Å². The molecule has 0 atom stereocenters. The number of nitrogens with zero attached hydrogens (tertiary/aromatic N) is 1. The van der Waals surface area contributed by atoms with Crippen molar-refractivity contribution in [3.63, 3.8) is 0 Å². The number of thiophene rings is 1. The number of aromatic nitrogens is 1. The maximum atomic E-state index is 12.7. The Hall–Kier alpha value is -2.90. The largest absolute Gasteiger partial charge is 0.422 e. The van der Waals surface area contributed by atoms with Crippen LogP contribution in [0.2, 0.25) is 0 Å². The highest BCUT2D eigenvalue weighted by Gasteiger charge is 2.21. The molecule has 0 unspecified atom stereocenters. The van der Waals surface area contributed by atoms with Crippen LogP contribution in [-0.2, 0) is 7.05 Å². The first-order valence-corrected chi connectivity index (χ1v) is 10.1. The Morgan fingerprint density at radius 2 is 1.79 bits per heavy atom. The van der Waals surface area contributed by atoms with E-state index in [9.17, 15) is 9.59 Å². The summed E-state index contributed by atoms with van der Waals surface area (Å²) in [5, 5.41) is 5.61. The van der Waals surface area contributed by atoms with Gasteiger partial charge in [0.1, 0.15) is 11.4 Å². The number of aryl methyl sites for hydroxylation is 1. The lowest BCUT2D eigenvalue weighted by molar-refractivity contribution is 0.0724. The third-order valence-electron chi connectivity index (χ3n) is 4.31. The zero-order chi connectivity index (χ0) is 19.7. The number of hydrogen-bond donors (Lipinski definition) is 1. The lowest BCUT2D eigenvalue weighted by Crippen LogP contribution is -2.14. The average Bonchev–Trinajstić information content (AvgIpc) is 3.32. The number of halogens is 1. The number of carbonyl (C=O) groups is 2. The number of esters is 1. The molecule has 0 radical (unpaired) electrons. The summed E-state index contributed by atoms with van der Waals surface area (Å²) in [7, 11) is 1.83. The van der Waals surface area contributed by atoms with Crippen molar-refractivity contribution < 1.29 is 14.3 Å². The van der Waals surface area contributed by atoms with Crippen LogP contribution in [0, 0.1) is 0 Å². The van der Waals surface area contributed by atoms with Crippen LogP contribution in [0.25, 0.3) is 10.9 Å². The molecule has 4 aromatic rings. The Kier molecular flexibility index (Phi) is 5.02. The molecule has 2 aromatic carbocycles. The van der Waals surface area contributed by atoms with E-state index in [0.29, 0.717) is 26.5 Å². The van der Waals surface area contributed by atoms with E-state index in [1.165, 1.54) is 11.3 Å². The molecule has 0 bridgehead atoms. The summed E-state index contributed by atoms with van der Waals surface area (Å²) in [6.07, 6.45) is 0. The fourth-order valence-electron chi connectivity index (χ4n) is 2.94. The number of hydrogen-bond acceptors (Lipinski definition) is 4. The van der Waals surface area contributed by atoms with Gasteiger partial charge in [-0.1, -0.05) is 24.3 Å². The molecule has 140 valence electrons. The highest BCUT2D eigenvalue weighted by Crippen LogP contribution is 2.31. The molecule has 5 nitrogen and oxygen atoms in total. The highest BCUT2D eigenvalue weighted by molar-refractivity contribution is 9.10. The zero-order valence-corrected chi connectivity index (χ0v) is 17.2. The monoisotopic (exact) mass is 454 g/mol. The molecule has 2 heterocycles. The fraction of sp³-hybridized carbons (Fsp3) is 0.0476. The number of nitrogens with one attached hydrogen (secondary N) is 1. The number of anilines is 1. The van der Waals surface area contributed by atoms with E-state index in [-0.39, 0.29) is 5.91 Å². The van der Waals surface area contributed by atoms with Gasteiger partial charge in [0.25, 0.3) is 5.91 Å².